The van der Waals surface area contributed by atoms with Crippen LogP contribution in [0.15, 0.2) is 18.2 Å². The monoisotopic (exact) mass is 290 g/mol. The minimum Gasteiger partial charge on any atom is -0.493 e. The minimum absolute atomic E-state index is 0.381. The minimum atomic E-state index is 0.381. The van der Waals surface area contributed by atoms with Crippen LogP contribution in [0, 0.1) is 0 Å². The van der Waals surface area contributed by atoms with Crippen molar-refractivity contribution in [2.24, 2.45) is 0 Å². The summed E-state index contributed by atoms with van der Waals surface area (Å²) < 4.78 is 11.5. The van der Waals surface area contributed by atoms with Crippen LogP contribution >= 0.6 is 0 Å². The molecule has 2 nitrogen and oxygen atoms in total. The summed E-state index contributed by atoms with van der Waals surface area (Å²) in [5, 5.41) is 0. The zero-order valence-electron chi connectivity index (χ0n) is 13.7. The van der Waals surface area contributed by atoms with Crippen molar-refractivity contribution in [3.8, 4) is 5.75 Å². The smallest absolute Gasteiger partial charge is 0.122 e. The van der Waals surface area contributed by atoms with Crippen LogP contribution < -0.4 is 4.74 Å². The molecule has 0 bridgehead atoms. The van der Waals surface area contributed by atoms with E-state index >= 15 is 0 Å². The van der Waals surface area contributed by atoms with Gasteiger partial charge in [-0.1, -0.05) is 51.2 Å². The highest BCUT2D eigenvalue weighted by Gasteiger charge is 2.20. The van der Waals surface area contributed by atoms with Gasteiger partial charge >= 0.3 is 0 Å². The summed E-state index contributed by atoms with van der Waals surface area (Å²) in [6.45, 7) is 3.12. The maximum absolute atomic E-state index is 6.04. The number of rotatable bonds is 9. The molecule has 0 fully saturated rings. The molecule has 0 aromatic heterocycles. The highest BCUT2D eigenvalue weighted by Crippen LogP contribution is 2.30. The van der Waals surface area contributed by atoms with Gasteiger partial charge in [0.1, 0.15) is 5.75 Å². The summed E-state index contributed by atoms with van der Waals surface area (Å²) in [5.41, 5.74) is 2.82. The Morgan fingerprint density at radius 1 is 1.10 bits per heavy atom. The van der Waals surface area contributed by atoms with Crippen molar-refractivity contribution in [1.29, 1.82) is 0 Å². The van der Waals surface area contributed by atoms with Gasteiger partial charge in [-0.05, 0) is 42.9 Å². The van der Waals surface area contributed by atoms with Gasteiger partial charge in [0.2, 0.25) is 0 Å². The molecule has 0 amide bonds. The van der Waals surface area contributed by atoms with Gasteiger partial charge in [0.05, 0.1) is 12.7 Å². The lowest BCUT2D eigenvalue weighted by molar-refractivity contribution is 0.0906. The van der Waals surface area contributed by atoms with E-state index in [1.54, 1.807) is 0 Å². The summed E-state index contributed by atoms with van der Waals surface area (Å²) in [7, 11) is 1.81. The van der Waals surface area contributed by atoms with E-state index in [-0.39, 0.29) is 0 Å². The fourth-order valence-corrected chi connectivity index (χ4v) is 3.14. The van der Waals surface area contributed by atoms with Crippen LogP contribution in [0.1, 0.15) is 63.0 Å². The fourth-order valence-electron chi connectivity index (χ4n) is 3.14. The zero-order valence-corrected chi connectivity index (χ0v) is 13.7. The van der Waals surface area contributed by atoms with Crippen molar-refractivity contribution in [3.05, 3.63) is 29.3 Å². The maximum atomic E-state index is 6.04. The normalized spacial score (nSPS) is 17.5. The topological polar surface area (TPSA) is 18.5 Å². The van der Waals surface area contributed by atoms with Crippen LogP contribution in [-0.2, 0) is 17.6 Å². The van der Waals surface area contributed by atoms with E-state index in [4.69, 9.17) is 9.47 Å². The standard InChI is InChI=1S/C19H30O2/c1-3-4-5-6-7-8-14-21-19-11-9-10-16-15-17(20-2)12-13-18(16)19/h9-11,17H,3-8,12-15H2,1-2H3. The Hall–Kier alpha value is -1.02. The Bertz CT molecular complexity index is 414. The lowest BCUT2D eigenvalue weighted by Crippen LogP contribution is -2.21. The van der Waals surface area contributed by atoms with E-state index < -0.39 is 0 Å². The molecule has 1 aliphatic carbocycles. The molecule has 0 spiro atoms. The first-order chi connectivity index (χ1) is 10.3. The first kappa shape index (κ1) is 16.4. The zero-order chi connectivity index (χ0) is 14.9. The Kier molecular flexibility index (Phi) is 7.08. The van der Waals surface area contributed by atoms with Crippen LogP contribution in [0.4, 0.5) is 0 Å². The lowest BCUT2D eigenvalue weighted by atomic mass is 9.89. The van der Waals surface area contributed by atoms with Gasteiger partial charge in [-0.15, -0.1) is 0 Å². The van der Waals surface area contributed by atoms with Crippen LogP contribution in [0.3, 0.4) is 0 Å². The molecule has 0 heterocycles. The van der Waals surface area contributed by atoms with E-state index in [0.717, 1.165) is 31.6 Å². The number of ether oxygens (including phenoxy) is 2. The van der Waals surface area contributed by atoms with Crippen LogP contribution in [0.25, 0.3) is 0 Å². The van der Waals surface area contributed by atoms with Gasteiger partial charge in [0, 0.05) is 7.11 Å². The van der Waals surface area contributed by atoms with Crippen molar-refractivity contribution in [2.45, 2.75) is 70.8 Å². The number of unbranched alkanes of at least 4 members (excludes halogenated alkanes) is 5. The highest BCUT2D eigenvalue weighted by molar-refractivity contribution is 5.42. The first-order valence-corrected chi connectivity index (χ1v) is 8.61. The Morgan fingerprint density at radius 2 is 1.90 bits per heavy atom. The fraction of sp³-hybridized carbons (Fsp3) is 0.684. The summed E-state index contributed by atoms with van der Waals surface area (Å²) in [4.78, 5) is 0. The lowest BCUT2D eigenvalue weighted by Gasteiger charge is -2.25. The van der Waals surface area contributed by atoms with Gasteiger partial charge < -0.3 is 9.47 Å². The van der Waals surface area contributed by atoms with Gasteiger partial charge in [-0.25, -0.2) is 0 Å². The van der Waals surface area contributed by atoms with E-state index in [1.807, 2.05) is 7.11 Å². The van der Waals surface area contributed by atoms with Gasteiger partial charge in [0.25, 0.3) is 0 Å². The van der Waals surface area contributed by atoms with Gasteiger partial charge in [-0.3, -0.25) is 0 Å². The quantitative estimate of drug-likeness (QED) is 0.600. The first-order valence-electron chi connectivity index (χ1n) is 8.61. The van der Waals surface area contributed by atoms with Gasteiger partial charge in [-0.2, -0.15) is 0 Å². The van der Waals surface area contributed by atoms with Gasteiger partial charge in [0.15, 0.2) is 0 Å². The molecule has 0 saturated heterocycles. The molecule has 0 saturated carbocycles. The molecule has 1 aromatic carbocycles. The van der Waals surface area contributed by atoms with Crippen molar-refractivity contribution >= 4 is 0 Å². The Balaban J connectivity index is 1.77. The number of methoxy groups -OCH3 is 1. The number of fused-ring (bicyclic) bond motifs is 1. The predicted octanol–water partition coefficient (Wildman–Crippen LogP) is 4.93. The molecule has 2 heteroatoms. The number of hydrogen-bond acceptors (Lipinski definition) is 2. The van der Waals surface area contributed by atoms with E-state index in [1.165, 1.54) is 49.7 Å². The van der Waals surface area contributed by atoms with E-state index in [9.17, 15) is 0 Å². The molecule has 118 valence electrons. The average Bonchev–Trinajstić information content (AvgIpc) is 2.53. The van der Waals surface area contributed by atoms with Crippen molar-refractivity contribution in [2.75, 3.05) is 13.7 Å². The predicted molar refractivity (Wildman–Crippen MR) is 88.1 cm³/mol. The van der Waals surface area contributed by atoms with Crippen LogP contribution in [0.5, 0.6) is 5.75 Å². The van der Waals surface area contributed by atoms with Crippen molar-refractivity contribution in [3.63, 3.8) is 0 Å². The molecule has 2 rings (SSSR count). The average molecular weight is 290 g/mol. The Labute approximate surface area is 129 Å². The second kappa shape index (κ2) is 9.09. The molecular weight excluding hydrogens is 260 g/mol. The number of benzene rings is 1. The van der Waals surface area contributed by atoms with Crippen LogP contribution in [0.2, 0.25) is 0 Å². The highest BCUT2D eigenvalue weighted by atomic mass is 16.5. The summed E-state index contributed by atoms with van der Waals surface area (Å²) in [5.74, 6) is 1.11. The molecule has 1 atom stereocenters. The van der Waals surface area contributed by atoms with Crippen molar-refractivity contribution < 1.29 is 9.47 Å². The Morgan fingerprint density at radius 3 is 2.71 bits per heavy atom. The molecular formula is C19H30O2. The second-order valence-corrected chi connectivity index (χ2v) is 6.11. The molecule has 1 aliphatic rings. The summed E-state index contributed by atoms with van der Waals surface area (Å²) >= 11 is 0. The summed E-state index contributed by atoms with van der Waals surface area (Å²) in [6.07, 6.45) is 11.5. The third kappa shape index (κ3) is 5.03. The second-order valence-electron chi connectivity index (χ2n) is 6.11. The number of hydrogen-bond donors (Lipinski definition) is 0. The third-order valence-corrected chi connectivity index (χ3v) is 4.48. The molecule has 0 aliphatic heterocycles. The largest absolute Gasteiger partial charge is 0.493 e. The molecule has 1 unspecified atom stereocenters. The van der Waals surface area contributed by atoms with E-state index in [0.29, 0.717) is 6.10 Å². The molecule has 0 radical (unpaired) electrons. The SMILES string of the molecule is CCCCCCCCOc1cccc2c1CCC(OC)C2. The summed E-state index contributed by atoms with van der Waals surface area (Å²) in [6, 6.07) is 6.47. The van der Waals surface area contributed by atoms with Crippen LogP contribution in [-0.4, -0.2) is 19.8 Å². The molecule has 21 heavy (non-hydrogen) atoms. The molecule has 0 N–H and O–H groups in total. The maximum Gasteiger partial charge on any atom is 0.122 e. The van der Waals surface area contributed by atoms with E-state index in [2.05, 4.69) is 25.1 Å². The molecule has 1 aromatic rings. The van der Waals surface area contributed by atoms with Crippen molar-refractivity contribution in [1.82, 2.24) is 0 Å². The third-order valence-electron chi connectivity index (χ3n) is 4.48.